The molecule has 1 heterocycles. The maximum absolute atomic E-state index is 13.6. The molecule has 1 aliphatic rings. The van der Waals surface area contributed by atoms with Crippen LogP contribution in [0.5, 0.6) is 0 Å². The summed E-state index contributed by atoms with van der Waals surface area (Å²) < 4.78 is 31.6. The van der Waals surface area contributed by atoms with Crippen molar-refractivity contribution in [1.29, 1.82) is 0 Å². The lowest BCUT2D eigenvalue weighted by molar-refractivity contribution is -0.0321. The first-order chi connectivity index (χ1) is 9.67. The number of carbonyl (C=O) groups is 1. The van der Waals surface area contributed by atoms with Crippen molar-refractivity contribution in [1.82, 2.24) is 4.90 Å². The minimum Gasteiger partial charge on any atom is -0.444 e. The number of amides is 1. The highest BCUT2D eigenvalue weighted by Crippen LogP contribution is 2.32. The van der Waals surface area contributed by atoms with Gasteiger partial charge in [0.05, 0.1) is 6.10 Å². The molecule has 1 atom stereocenters. The van der Waals surface area contributed by atoms with E-state index in [2.05, 4.69) is 0 Å². The molecule has 1 aromatic carbocycles. The Morgan fingerprint density at radius 1 is 1.38 bits per heavy atom. The van der Waals surface area contributed by atoms with Crippen LogP contribution in [0.15, 0.2) is 18.2 Å². The number of hydrogen-bond donors (Lipinski definition) is 1. The second-order valence-corrected chi connectivity index (χ2v) is 6.26. The van der Waals surface area contributed by atoms with Gasteiger partial charge in [-0.3, -0.25) is 0 Å². The van der Waals surface area contributed by atoms with Gasteiger partial charge in [-0.1, -0.05) is 6.07 Å². The van der Waals surface area contributed by atoms with Gasteiger partial charge in [0.15, 0.2) is 0 Å². The van der Waals surface area contributed by atoms with Gasteiger partial charge in [0.25, 0.3) is 0 Å². The summed E-state index contributed by atoms with van der Waals surface area (Å²) in [5.41, 5.74) is -0.533. The monoisotopic (exact) mass is 299 g/mol. The number of aliphatic hydroxyl groups is 1. The van der Waals surface area contributed by atoms with Gasteiger partial charge in [0, 0.05) is 30.6 Å². The Hall–Kier alpha value is -1.69. The number of carbonyl (C=O) groups excluding carboxylic acids is 1. The van der Waals surface area contributed by atoms with Crippen LogP contribution in [0.3, 0.4) is 0 Å². The zero-order valence-electron chi connectivity index (χ0n) is 12.3. The second-order valence-electron chi connectivity index (χ2n) is 6.26. The largest absolute Gasteiger partial charge is 0.444 e. The number of aliphatic hydroxyl groups excluding tert-OH is 1. The molecule has 1 aromatic rings. The summed E-state index contributed by atoms with van der Waals surface area (Å²) in [5.74, 6) is -1.75. The molecule has 2 rings (SSSR count). The van der Waals surface area contributed by atoms with Crippen LogP contribution in [-0.4, -0.2) is 34.8 Å². The van der Waals surface area contributed by atoms with Crippen molar-refractivity contribution in [3.05, 3.63) is 35.4 Å². The van der Waals surface area contributed by atoms with Crippen molar-refractivity contribution in [3.63, 3.8) is 0 Å². The number of halogens is 2. The fraction of sp³-hybridized carbons (Fsp3) is 0.533. The predicted molar refractivity (Wildman–Crippen MR) is 72.6 cm³/mol. The van der Waals surface area contributed by atoms with Gasteiger partial charge < -0.3 is 14.7 Å². The lowest BCUT2D eigenvalue weighted by Gasteiger charge is -2.42. The Bertz CT molecular complexity index is 536. The highest BCUT2D eigenvalue weighted by Gasteiger charge is 2.38. The smallest absolute Gasteiger partial charge is 0.410 e. The number of benzene rings is 1. The topological polar surface area (TPSA) is 49.8 Å². The van der Waals surface area contributed by atoms with E-state index >= 15 is 0 Å². The van der Waals surface area contributed by atoms with Gasteiger partial charge >= 0.3 is 6.09 Å². The highest BCUT2D eigenvalue weighted by atomic mass is 19.1. The third-order valence-electron chi connectivity index (χ3n) is 3.29. The molecule has 0 aromatic heterocycles. The highest BCUT2D eigenvalue weighted by molar-refractivity contribution is 5.69. The number of likely N-dealkylation sites (tertiary alicyclic amines) is 1. The molecule has 1 amide bonds. The molecule has 4 nitrogen and oxygen atoms in total. The quantitative estimate of drug-likeness (QED) is 0.913. The van der Waals surface area contributed by atoms with E-state index in [1.807, 2.05) is 0 Å². The number of hydrogen-bond acceptors (Lipinski definition) is 3. The van der Waals surface area contributed by atoms with Crippen LogP contribution < -0.4 is 0 Å². The molecule has 1 fully saturated rings. The normalized spacial score (nSPS) is 17.3. The second kappa shape index (κ2) is 5.60. The van der Waals surface area contributed by atoms with Crippen LogP contribution in [0, 0.1) is 17.6 Å². The molecule has 0 radical (unpaired) electrons. The molecule has 1 unspecified atom stereocenters. The van der Waals surface area contributed by atoms with Gasteiger partial charge in [0.2, 0.25) is 0 Å². The minimum atomic E-state index is -1.07. The first kappa shape index (κ1) is 15.7. The van der Waals surface area contributed by atoms with Crippen LogP contribution in [0.2, 0.25) is 0 Å². The Morgan fingerprint density at radius 3 is 2.52 bits per heavy atom. The summed E-state index contributed by atoms with van der Waals surface area (Å²) in [5, 5.41) is 10.1. The fourth-order valence-electron chi connectivity index (χ4n) is 2.18. The number of ether oxygens (including phenoxy) is 1. The molecule has 0 spiro atoms. The maximum atomic E-state index is 13.6. The SMILES string of the molecule is CC(C)(C)OC(=O)N1CC(C(O)c2ccc(F)cc2F)C1. The summed E-state index contributed by atoms with van der Waals surface area (Å²) in [6, 6.07) is 3.07. The van der Waals surface area contributed by atoms with Gasteiger partial charge in [-0.15, -0.1) is 0 Å². The zero-order chi connectivity index (χ0) is 15.8. The molecule has 116 valence electrons. The average molecular weight is 299 g/mol. The summed E-state index contributed by atoms with van der Waals surface area (Å²) in [6.45, 7) is 5.88. The molecular weight excluding hydrogens is 280 g/mol. The molecule has 21 heavy (non-hydrogen) atoms. The third-order valence-corrected chi connectivity index (χ3v) is 3.29. The van der Waals surface area contributed by atoms with Crippen LogP contribution in [0.25, 0.3) is 0 Å². The Morgan fingerprint density at radius 2 is 2.00 bits per heavy atom. The van der Waals surface area contributed by atoms with E-state index in [0.717, 1.165) is 12.1 Å². The first-order valence-corrected chi connectivity index (χ1v) is 6.78. The Labute approximate surface area is 122 Å². The van der Waals surface area contributed by atoms with E-state index in [9.17, 15) is 18.7 Å². The van der Waals surface area contributed by atoms with Gasteiger partial charge in [-0.25, -0.2) is 13.6 Å². The number of nitrogens with zero attached hydrogens (tertiary/aromatic N) is 1. The van der Waals surface area contributed by atoms with E-state index in [0.29, 0.717) is 0 Å². The maximum Gasteiger partial charge on any atom is 0.410 e. The molecule has 6 heteroatoms. The molecule has 1 saturated heterocycles. The van der Waals surface area contributed by atoms with Crippen molar-refractivity contribution in [2.24, 2.45) is 5.92 Å². The molecule has 1 aliphatic heterocycles. The van der Waals surface area contributed by atoms with E-state index in [4.69, 9.17) is 4.74 Å². The standard InChI is InChI=1S/C15H19F2NO3/c1-15(2,3)21-14(20)18-7-9(8-18)13(19)11-5-4-10(16)6-12(11)17/h4-6,9,13,19H,7-8H2,1-3H3. The summed E-state index contributed by atoms with van der Waals surface area (Å²) in [4.78, 5) is 13.2. The Balaban J connectivity index is 1.93. The lowest BCUT2D eigenvalue weighted by atomic mass is 9.89. The van der Waals surface area contributed by atoms with Crippen LogP contribution in [0.1, 0.15) is 32.4 Å². The molecular formula is C15H19F2NO3. The van der Waals surface area contributed by atoms with E-state index in [1.165, 1.54) is 11.0 Å². The van der Waals surface area contributed by atoms with Crippen LogP contribution in [0.4, 0.5) is 13.6 Å². The zero-order valence-corrected chi connectivity index (χ0v) is 12.3. The van der Waals surface area contributed by atoms with Crippen LogP contribution in [-0.2, 0) is 4.74 Å². The molecule has 0 saturated carbocycles. The average Bonchev–Trinajstić information content (AvgIpc) is 2.23. The summed E-state index contributed by atoms with van der Waals surface area (Å²) in [6.07, 6.45) is -1.52. The predicted octanol–water partition coefficient (Wildman–Crippen LogP) is 2.87. The fourth-order valence-corrected chi connectivity index (χ4v) is 2.18. The van der Waals surface area contributed by atoms with Crippen molar-refractivity contribution < 1.29 is 23.4 Å². The first-order valence-electron chi connectivity index (χ1n) is 6.78. The van der Waals surface area contributed by atoms with Crippen molar-refractivity contribution in [2.75, 3.05) is 13.1 Å². The Kier molecular flexibility index (Phi) is 4.18. The van der Waals surface area contributed by atoms with Gasteiger partial charge in [-0.05, 0) is 26.8 Å². The van der Waals surface area contributed by atoms with E-state index < -0.39 is 29.4 Å². The molecule has 0 bridgehead atoms. The van der Waals surface area contributed by atoms with Crippen molar-refractivity contribution in [2.45, 2.75) is 32.5 Å². The van der Waals surface area contributed by atoms with Crippen LogP contribution >= 0.6 is 0 Å². The minimum absolute atomic E-state index is 0.0465. The van der Waals surface area contributed by atoms with E-state index in [1.54, 1.807) is 20.8 Å². The number of rotatable bonds is 2. The van der Waals surface area contributed by atoms with Crippen molar-refractivity contribution in [3.8, 4) is 0 Å². The van der Waals surface area contributed by atoms with Gasteiger partial charge in [-0.2, -0.15) is 0 Å². The van der Waals surface area contributed by atoms with Gasteiger partial charge in [0.1, 0.15) is 17.2 Å². The summed E-state index contributed by atoms with van der Waals surface area (Å²) in [7, 11) is 0. The lowest BCUT2D eigenvalue weighted by Crippen LogP contribution is -2.53. The van der Waals surface area contributed by atoms with E-state index in [-0.39, 0.29) is 24.6 Å². The molecule has 0 aliphatic carbocycles. The molecule has 1 N–H and O–H groups in total. The third kappa shape index (κ3) is 3.69. The van der Waals surface area contributed by atoms with Crippen molar-refractivity contribution >= 4 is 6.09 Å². The summed E-state index contributed by atoms with van der Waals surface area (Å²) >= 11 is 0.